The molecule has 1 atom stereocenters. The Kier molecular flexibility index (Phi) is 4.87. The Labute approximate surface area is 120 Å². The molecule has 1 aromatic rings. The van der Waals surface area contributed by atoms with Crippen molar-refractivity contribution in [2.24, 2.45) is 5.41 Å². The summed E-state index contributed by atoms with van der Waals surface area (Å²) in [4.78, 5) is 12.4. The van der Waals surface area contributed by atoms with Crippen LogP contribution in [0.5, 0.6) is 0 Å². The maximum Gasteiger partial charge on any atom is 0.226 e. The SMILES string of the molecule is CCC1(C(=O)NCC(Cl)c2ccccc2)CCCC1. The summed E-state index contributed by atoms with van der Waals surface area (Å²) in [6.07, 6.45) is 5.31. The Hall–Kier alpha value is -1.02. The number of amides is 1. The van der Waals surface area contributed by atoms with Crippen LogP contribution >= 0.6 is 11.6 Å². The second kappa shape index (κ2) is 6.42. The lowest BCUT2D eigenvalue weighted by atomic mass is 9.82. The van der Waals surface area contributed by atoms with Crippen LogP contribution in [0.15, 0.2) is 30.3 Å². The van der Waals surface area contributed by atoms with Crippen molar-refractivity contribution in [3.63, 3.8) is 0 Å². The van der Waals surface area contributed by atoms with Crippen molar-refractivity contribution in [1.29, 1.82) is 0 Å². The van der Waals surface area contributed by atoms with Gasteiger partial charge in [0.15, 0.2) is 0 Å². The first-order valence-corrected chi connectivity index (χ1v) is 7.59. The Morgan fingerprint density at radius 2 is 1.95 bits per heavy atom. The molecule has 0 radical (unpaired) electrons. The van der Waals surface area contributed by atoms with Gasteiger partial charge in [-0.2, -0.15) is 0 Å². The predicted molar refractivity (Wildman–Crippen MR) is 79.2 cm³/mol. The largest absolute Gasteiger partial charge is 0.354 e. The predicted octanol–water partition coefficient (Wildman–Crippen LogP) is 4.05. The third kappa shape index (κ3) is 3.30. The fourth-order valence-electron chi connectivity index (χ4n) is 2.94. The summed E-state index contributed by atoms with van der Waals surface area (Å²) in [5, 5.41) is 2.89. The molecule has 1 unspecified atom stereocenters. The number of rotatable bonds is 5. The normalized spacial score (nSPS) is 19.1. The molecule has 1 aliphatic rings. The van der Waals surface area contributed by atoms with Gasteiger partial charge < -0.3 is 5.32 Å². The highest BCUT2D eigenvalue weighted by atomic mass is 35.5. The Balaban J connectivity index is 1.90. The molecule has 1 fully saturated rings. The number of carbonyl (C=O) groups is 1. The first kappa shape index (κ1) is 14.4. The fraction of sp³-hybridized carbons (Fsp3) is 0.562. The van der Waals surface area contributed by atoms with Crippen LogP contribution in [0.2, 0.25) is 0 Å². The zero-order valence-electron chi connectivity index (χ0n) is 11.5. The number of halogens is 1. The first-order valence-electron chi connectivity index (χ1n) is 7.15. The number of nitrogens with one attached hydrogen (secondary N) is 1. The Bertz CT molecular complexity index is 412. The monoisotopic (exact) mass is 279 g/mol. The molecule has 1 aromatic carbocycles. The zero-order chi connectivity index (χ0) is 13.7. The second-order valence-electron chi connectivity index (χ2n) is 5.43. The second-order valence-corrected chi connectivity index (χ2v) is 5.96. The quantitative estimate of drug-likeness (QED) is 0.810. The minimum Gasteiger partial charge on any atom is -0.354 e. The van der Waals surface area contributed by atoms with Gasteiger partial charge in [0.05, 0.1) is 5.38 Å². The smallest absolute Gasteiger partial charge is 0.226 e. The van der Waals surface area contributed by atoms with E-state index in [1.54, 1.807) is 0 Å². The summed E-state index contributed by atoms with van der Waals surface area (Å²) in [5.74, 6) is 0.189. The van der Waals surface area contributed by atoms with Crippen molar-refractivity contribution >= 4 is 17.5 Å². The van der Waals surface area contributed by atoms with Gasteiger partial charge in [-0.1, -0.05) is 50.1 Å². The van der Waals surface area contributed by atoms with Gasteiger partial charge in [0.25, 0.3) is 0 Å². The molecule has 0 aliphatic heterocycles. The molecular formula is C16H22ClNO. The highest BCUT2D eigenvalue weighted by molar-refractivity contribution is 6.21. The molecule has 0 bridgehead atoms. The average molecular weight is 280 g/mol. The fourth-order valence-corrected chi connectivity index (χ4v) is 3.17. The van der Waals surface area contributed by atoms with E-state index in [-0.39, 0.29) is 16.7 Å². The minimum atomic E-state index is -0.152. The van der Waals surface area contributed by atoms with Gasteiger partial charge in [-0.15, -0.1) is 11.6 Å². The van der Waals surface area contributed by atoms with Crippen molar-refractivity contribution in [2.75, 3.05) is 6.54 Å². The van der Waals surface area contributed by atoms with Gasteiger partial charge in [0.1, 0.15) is 0 Å². The summed E-state index contributed by atoms with van der Waals surface area (Å²) in [6, 6.07) is 9.90. The van der Waals surface area contributed by atoms with Gasteiger partial charge in [-0.05, 0) is 24.8 Å². The molecule has 19 heavy (non-hydrogen) atoms. The third-order valence-electron chi connectivity index (χ3n) is 4.32. The molecule has 2 rings (SSSR count). The number of alkyl halides is 1. The van der Waals surface area contributed by atoms with Crippen LogP contribution in [0.25, 0.3) is 0 Å². The van der Waals surface area contributed by atoms with E-state index in [0.717, 1.165) is 24.8 Å². The molecule has 1 saturated carbocycles. The molecule has 1 N–H and O–H groups in total. The van der Waals surface area contributed by atoms with Crippen molar-refractivity contribution < 1.29 is 4.79 Å². The number of hydrogen-bond donors (Lipinski definition) is 1. The van der Waals surface area contributed by atoms with Crippen LogP contribution < -0.4 is 5.32 Å². The van der Waals surface area contributed by atoms with Crippen LogP contribution in [0, 0.1) is 5.41 Å². The Morgan fingerprint density at radius 3 is 2.53 bits per heavy atom. The highest BCUT2D eigenvalue weighted by Crippen LogP contribution is 2.41. The van der Waals surface area contributed by atoms with Gasteiger partial charge in [0.2, 0.25) is 5.91 Å². The lowest BCUT2D eigenvalue weighted by molar-refractivity contribution is -0.131. The van der Waals surface area contributed by atoms with Crippen LogP contribution in [-0.2, 0) is 4.79 Å². The lowest BCUT2D eigenvalue weighted by Gasteiger charge is -2.26. The molecule has 3 heteroatoms. The maximum atomic E-state index is 12.4. The molecule has 0 saturated heterocycles. The topological polar surface area (TPSA) is 29.1 Å². The van der Waals surface area contributed by atoms with E-state index >= 15 is 0 Å². The number of benzene rings is 1. The van der Waals surface area contributed by atoms with Gasteiger partial charge in [-0.25, -0.2) is 0 Å². The van der Waals surface area contributed by atoms with Crippen LogP contribution in [0.1, 0.15) is 50.0 Å². The van der Waals surface area contributed by atoms with Crippen molar-refractivity contribution in [3.8, 4) is 0 Å². The summed E-state index contributed by atoms with van der Waals surface area (Å²) >= 11 is 6.33. The molecule has 2 nitrogen and oxygen atoms in total. The van der Waals surface area contributed by atoms with E-state index < -0.39 is 0 Å². The number of hydrogen-bond acceptors (Lipinski definition) is 1. The third-order valence-corrected chi connectivity index (χ3v) is 4.73. The van der Waals surface area contributed by atoms with Crippen LogP contribution in [0.3, 0.4) is 0 Å². The first-order chi connectivity index (χ1) is 9.18. The van der Waals surface area contributed by atoms with Crippen LogP contribution in [0.4, 0.5) is 0 Å². The Morgan fingerprint density at radius 1 is 1.32 bits per heavy atom. The van der Waals surface area contributed by atoms with Crippen molar-refractivity contribution in [2.45, 2.75) is 44.4 Å². The van der Waals surface area contributed by atoms with E-state index in [9.17, 15) is 4.79 Å². The standard InChI is InChI=1S/C16H22ClNO/c1-2-16(10-6-7-11-16)15(19)18-12-14(17)13-8-4-3-5-9-13/h3-5,8-9,14H,2,6-7,10-12H2,1H3,(H,18,19). The molecular weight excluding hydrogens is 258 g/mol. The summed E-state index contributed by atoms with van der Waals surface area (Å²) < 4.78 is 0. The minimum absolute atomic E-state index is 0.132. The summed E-state index contributed by atoms with van der Waals surface area (Å²) in [6.45, 7) is 2.62. The summed E-state index contributed by atoms with van der Waals surface area (Å²) in [7, 11) is 0. The summed E-state index contributed by atoms with van der Waals surface area (Å²) in [5.41, 5.74) is 0.925. The molecule has 0 heterocycles. The number of carbonyl (C=O) groups excluding carboxylic acids is 1. The molecule has 0 aromatic heterocycles. The molecule has 1 aliphatic carbocycles. The zero-order valence-corrected chi connectivity index (χ0v) is 12.2. The van der Waals surface area contributed by atoms with E-state index in [1.165, 1.54) is 12.8 Å². The van der Waals surface area contributed by atoms with E-state index in [0.29, 0.717) is 6.54 Å². The van der Waals surface area contributed by atoms with E-state index in [2.05, 4.69) is 12.2 Å². The highest BCUT2D eigenvalue weighted by Gasteiger charge is 2.39. The molecule has 1 amide bonds. The van der Waals surface area contributed by atoms with E-state index in [1.807, 2.05) is 30.3 Å². The molecule has 104 valence electrons. The van der Waals surface area contributed by atoms with Gasteiger partial charge >= 0.3 is 0 Å². The van der Waals surface area contributed by atoms with Gasteiger partial charge in [-0.3, -0.25) is 4.79 Å². The van der Waals surface area contributed by atoms with Crippen LogP contribution in [-0.4, -0.2) is 12.5 Å². The van der Waals surface area contributed by atoms with E-state index in [4.69, 9.17) is 11.6 Å². The average Bonchev–Trinajstić information content (AvgIpc) is 2.95. The van der Waals surface area contributed by atoms with Crippen molar-refractivity contribution in [1.82, 2.24) is 5.32 Å². The van der Waals surface area contributed by atoms with Gasteiger partial charge in [0, 0.05) is 12.0 Å². The lowest BCUT2D eigenvalue weighted by Crippen LogP contribution is -2.40. The maximum absolute atomic E-state index is 12.4. The molecule has 0 spiro atoms. The van der Waals surface area contributed by atoms with Crippen molar-refractivity contribution in [3.05, 3.63) is 35.9 Å².